The number of piperidine rings is 2. The molecular weight excluding hydrogens is 614 g/mol. The Morgan fingerprint density at radius 2 is 1.74 bits per heavy atom. The third kappa shape index (κ3) is 6.10. The predicted octanol–water partition coefficient (Wildman–Crippen LogP) is 4.04. The summed E-state index contributed by atoms with van der Waals surface area (Å²) in [6.07, 6.45) is 9.67. The summed E-state index contributed by atoms with van der Waals surface area (Å²) >= 11 is 1.36. The summed E-state index contributed by atoms with van der Waals surface area (Å²) in [6.45, 7) is 4.53. The van der Waals surface area contributed by atoms with Gasteiger partial charge in [-0.2, -0.15) is 0 Å². The minimum atomic E-state index is -1.12. The second-order valence-electron chi connectivity index (χ2n) is 12.5. The van der Waals surface area contributed by atoms with Gasteiger partial charge in [0.05, 0.1) is 23.7 Å². The Balaban J connectivity index is 1.04. The number of aliphatic hydroxyl groups is 1. The number of pyridine rings is 1. The number of benzene rings is 1. The number of amides is 2. The summed E-state index contributed by atoms with van der Waals surface area (Å²) in [7, 11) is 0. The summed E-state index contributed by atoms with van der Waals surface area (Å²) in [5.41, 5.74) is 1.29. The van der Waals surface area contributed by atoms with E-state index in [1.54, 1.807) is 24.7 Å². The Labute approximate surface area is 276 Å². The molecule has 4 aromatic heterocycles. The van der Waals surface area contributed by atoms with Crippen molar-refractivity contribution in [1.82, 2.24) is 33.9 Å². The quantitative estimate of drug-likeness (QED) is 0.282. The molecule has 0 saturated carbocycles. The second kappa shape index (κ2) is 12.8. The lowest BCUT2D eigenvalue weighted by molar-refractivity contribution is -0.142. The number of thiazole rings is 1. The van der Waals surface area contributed by atoms with E-state index >= 15 is 0 Å². The number of hydrogen-bond acceptors (Lipinski definition) is 8. The molecule has 1 aromatic carbocycles. The van der Waals surface area contributed by atoms with Crippen LogP contribution in [-0.4, -0.2) is 82.6 Å². The van der Waals surface area contributed by atoms with Crippen LogP contribution in [0.15, 0.2) is 84.4 Å². The Bertz CT molecular complexity index is 1950. The molecule has 2 aliphatic heterocycles. The first-order chi connectivity index (χ1) is 22.8. The third-order valence-corrected chi connectivity index (χ3v) is 10.7. The van der Waals surface area contributed by atoms with Crippen molar-refractivity contribution in [3.63, 3.8) is 0 Å². The molecule has 2 atom stereocenters. The van der Waals surface area contributed by atoms with Crippen LogP contribution < -0.4 is 5.56 Å². The van der Waals surface area contributed by atoms with Gasteiger partial charge in [0.15, 0.2) is 0 Å². The molecule has 0 aliphatic carbocycles. The molecule has 2 fully saturated rings. The molecule has 2 amide bonds. The van der Waals surface area contributed by atoms with Crippen LogP contribution in [0.5, 0.6) is 0 Å². The first-order valence-corrected chi connectivity index (χ1v) is 16.9. The molecule has 0 spiro atoms. The number of nitrogens with zero attached hydrogens (tertiary/aromatic N) is 7. The van der Waals surface area contributed by atoms with E-state index in [4.69, 9.17) is 0 Å². The maximum atomic E-state index is 14.1. The van der Waals surface area contributed by atoms with E-state index in [-0.39, 0.29) is 35.8 Å². The highest BCUT2D eigenvalue weighted by molar-refractivity contribution is 7.16. The van der Waals surface area contributed by atoms with Gasteiger partial charge < -0.3 is 19.5 Å². The van der Waals surface area contributed by atoms with Crippen molar-refractivity contribution in [3.05, 3.63) is 100 Å². The molecule has 0 radical (unpaired) electrons. The van der Waals surface area contributed by atoms with E-state index in [9.17, 15) is 19.5 Å². The first kappa shape index (κ1) is 30.9. The lowest BCUT2D eigenvalue weighted by atomic mass is 9.79. The van der Waals surface area contributed by atoms with E-state index in [2.05, 4.69) is 15.0 Å². The SMILES string of the molecule is CCn1ccc2c(=O)n(CC3(O)CCN(C(=O)[C@@H]4CCN(C(=O)c5cnc(-c6ccncc6)s5)C[C@H]4c4ccccc4)CC3)cnc21. The number of likely N-dealkylation sites (tertiary alicyclic amines) is 2. The molecule has 242 valence electrons. The first-order valence-electron chi connectivity index (χ1n) is 16.1. The van der Waals surface area contributed by atoms with Gasteiger partial charge in [0.25, 0.3) is 11.5 Å². The number of carbonyl (C=O) groups is 2. The fourth-order valence-corrected chi connectivity index (χ4v) is 7.84. The van der Waals surface area contributed by atoms with Gasteiger partial charge in [0.2, 0.25) is 5.91 Å². The molecule has 11 nitrogen and oxygen atoms in total. The molecule has 12 heteroatoms. The summed E-state index contributed by atoms with van der Waals surface area (Å²) < 4.78 is 3.41. The minimum Gasteiger partial charge on any atom is -0.388 e. The van der Waals surface area contributed by atoms with Gasteiger partial charge in [-0.3, -0.25) is 23.9 Å². The van der Waals surface area contributed by atoms with Crippen LogP contribution in [0.3, 0.4) is 0 Å². The molecule has 1 N–H and O–H groups in total. The zero-order chi connectivity index (χ0) is 32.5. The van der Waals surface area contributed by atoms with Crippen LogP contribution in [0.2, 0.25) is 0 Å². The highest BCUT2D eigenvalue weighted by Crippen LogP contribution is 2.37. The van der Waals surface area contributed by atoms with Gasteiger partial charge >= 0.3 is 0 Å². The van der Waals surface area contributed by atoms with E-state index in [1.165, 1.54) is 22.2 Å². The third-order valence-electron chi connectivity index (χ3n) is 9.64. The number of aryl methyl sites for hydroxylation is 1. The largest absolute Gasteiger partial charge is 0.388 e. The Morgan fingerprint density at radius 1 is 0.979 bits per heavy atom. The van der Waals surface area contributed by atoms with E-state index in [0.29, 0.717) is 67.9 Å². The van der Waals surface area contributed by atoms with E-state index in [1.807, 2.05) is 70.0 Å². The van der Waals surface area contributed by atoms with Crippen molar-refractivity contribution < 1.29 is 14.7 Å². The zero-order valence-electron chi connectivity index (χ0n) is 26.2. The minimum absolute atomic E-state index is 0.0481. The summed E-state index contributed by atoms with van der Waals surface area (Å²) in [4.78, 5) is 58.2. The summed E-state index contributed by atoms with van der Waals surface area (Å²) in [5, 5.41) is 12.8. The molecule has 2 aliphatic rings. The fourth-order valence-electron chi connectivity index (χ4n) is 6.95. The topological polar surface area (TPSA) is 126 Å². The van der Waals surface area contributed by atoms with Crippen molar-refractivity contribution in [2.24, 2.45) is 5.92 Å². The standard InChI is InChI=1S/C35H37N7O4S/c1-2-39-16-11-27-30(39)38-23-42(33(27)44)22-35(46)12-18-40(19-13-35)32(43)26-10-17-41(21-28(26)24-6-4-3-5-7-24)34(45)29-20-37-31(47-29)25-8-14-36-15-9-25/h3-9,11,14-16,20,23,26,28,46H,2,10,12-13,17-19,21-22H2,1H3/t26-,28+/m1/s1. The smallest absolute Gasteiger partial charge is 0.265 e. The molecule has 0 bridgehead atoms. The van der Waals surface area contributed by atoms with Gasteiger partial charge in [0, 0.05) is 68.7 Å². The lowest BCUT2D eigenvalue weighted by Crippen LogP contribution is -2.53. The maximum Gasteiger partial charge on any atom is 0.265 e. The van der Waals surface area contributed by atoms with Crippen molar-refractivity contribution >= 4 is 34.2 Å². The number of hydrogen-bond donors (Lipinski definition) is 1. The Morgan fingerprint density at radius 3 is 2.49 bits per heavy atom. The van der Waals surface area contributed by atoms with Gasteiger partial charge in [-0.1, -0.05) is 30.3 Å². The molecular formula is C35H37N7O4S. The van der Waals surface area contributed by atoms with Crippen LogP contribution in [0.25, 0.3) is 21.6 Å². The summed E-state index contributed by atoms with van der Waals surface area (Å²) in [5.74, 6) is -0.487. The Hall–Kier alpha value is -4.68. The second-order valence-corrected chi connectivity index (χ2v) is 13.5. The summed E-state index contributed by atoms with van der Waals surface area (Å²) in [6, 6.07) is 15.5. The molecule has 5 aromatic rings. The van der Waals surface area contributed by atoms with Gasteiger partial charge in [-0.25, -0.2) is 9.97 Å². The lowest BCUT2D eigenvalue weighted by Gasteiger charge is -2.43. The molecule has 6 heterocycles. The number of rotatable bonds is 7. The van der Waals surface area contributed by atoms with Gasteiger partial charge in [0.1, 0.15) is 21.9 Å². The number of aromatic nitrogens is 5. The van der Waals surface area contributed by atoms with Gasteiger partial charge in [-0.05, 0) is 49.9 Å². The zero-order valence-corrected chi connectivity index (χ0v) is 27.1. The maximum absolute atomic E-state index is 14.1. The van der Waals surface area contributed by atoms with Crippen LogP contribution in [-0.2, 0) is 17.9 Å². The predicted molar refractivity (Wildman–Crippen MR) is 179 cm³/mol. The van der Waals surface area contributed by atoms with Crippen LogP contribution >= 0.6 is 11.3 Å². The van der Waals surface area contributed by atoms with Crippen LogP contribution in [0.4, 0.5) is 0 Å². The van der Waals surface area contributed by atoms with Crippen molar-refractivity contribution in [1.29, 1.82) is 0 Å². The molecule has 0 unspecified atom stereocenters. The monoisotopic (exact) mass is 651 g/mol. The average molecular weight is 652 g/mol. The normalized spacial score (nSPS) is 19.6. The van der Waals surface area contributed by atoms with Gasteiger partial charge in [-0.15, -0.1) is 11.3 Å². The molecule has 7 rings (SSSR count). The fraction of sp³-hybridized carbons (Fsp3) is 0.371. The van der Waals surface area contributed by atoms with Crippen molar-refractivity contribution in [3.8, 4) is 10.6 Å². The van der Waals surface area contributed by atoms with Crippen LogP contribution in [0.1, 0.15) is 47.3 Å². The molecule has 2 saturated heterocycles. The number of carbonyl (C=O) groups excluding carboxylic acids is 2. The molecule has 47 heavy (non-hydrogen) atoms. The van der Waals surface area contributed by atoms with Crippen molar-refractivity contribution in [2.45, 2.75) is 50.8 Å². The highest BCUT2D eigenvalue weighted by atomic mass is 32.1. The average Bonchev–Trinajstić information content (AvgIpc) is 3.78. The highest BCUT2D eigenvalue weighted by Gasteiger charge is 2.42. The van der Waals surface area contributed by atoms with E-state index < -0.39 is 5.60 Å². The van der Waals surface area contributed by atoms with Crippen molar-refractivity contribution in [2.75, 3.05) is 26.2 Å². The number of fused-ring (bicyclic) bond motifs is 1. The van der Waals surface area contributed by atoms with E-state index in [0.717, 1.165) is 16.1 Å². The van der Waals surface area contributed by atoms with Crippen LogP contribution in [0, 0.1) is 5.92 Å². The Kier molecular flexibility index (Phi) is 8.46.